The molecule has 3 aliphatic rings. The first kappa shape index (κ1) is 13.9. The van der Waals surface area contributed by atoms with Crippen molar-refractivity contribution in [2.24, 2.45) is 5.92 Å². The van der Waals surface area contributed by atoms with E-state index in [9.17, 15) is 4.79 Å². The van der Waals surface area contributed by atoms with E-state index < -0.39 is 0 Å². The molecule has 2 aromatic heterocycles. The second-order valence-corrected chi connectivity index (χ2v) is 6.15. The molecule has 5 heterocycles. The van der Waals surface area contributed by atoms with E-state index in [2.05, 4.69) is 20.0 Å². The van der Waals surface area contributed by atoms with Gasteiger partial charge in [-0.25, -0.2) is 4.98 Å². The summed E-state index contributed by atoms with van der Waals surface area (Å²) >= 11 is 5.88. The van der Waals surface area contributed by atoms with Crippen LogP contribution in [0.25, 0.3) is 11.0 Å². The van der Waals surface area contributed by atoms with Crippen LogP contribution in [0.5, 0.6) is 5.88 Å². The number of carbonyl (C=O) groups is 1. The zero-order chi connectivity index (χ0) is 15.3. The summed E-state index contributed by atoms with van der Waals surface area (Å²) in [5, 5.41) is 4.59. The molecule has 0 aliphatic carbocycles. The number of piperidine rings is 3. The molecule has 3 aliphatic heterocycles. The molecule has 0 aromatic carbocycles. The summed E-state index contributed by atoms with van der Waals surface area (Å²) < 4.78 is 6.94. The van der Waals surface area contributed by atoms with Crippen LogP contribution in [0.4, 0.5) is 0 Å². The topological polar surface area (TPSA) is 73.1 Å². The Kier molecular flexibility index (Phi) is 3.27. The molecular formula is C14H16ClN5O2. The molecule has 3 fully saturated rings. The van der Waals surface area contributed by atoms with Gasteiger partial charge in [0, 0.05) is 5.92 Å². The van der Waals surface area contributed by atoms with Gasteiger partial charge < -0.3 is 4.74 Å². The minimum atomic E-state index is -0.0868. The molecule has 0 saturated carbocycles. The normalized spacial score (nSPS) is 27.5. The van der Waals surface area contributed by atoms with E-state index in [-0.39, 0.29) is 17.2 Å². The molecule has 116 valence electrons. The summed E-state index contributed by atoms with van der Waals surface area (Å²) in [5.41, 5.74) is 1.19. The number of Topliss-reactive ketones (excluding diaryl/α,β-unsaturated/α-hetero) is 1. The Morgan fingerprint density at radius 3 is 2.82 bits per heavy atom. The summed E-state index contributed by atoms with van der Waals surface area (Å²) in [6.45, 7) is 2.53. The Balaban J connectivity index is 1.66. The highest BCUT2D eigenvalue weighted by Gasteiger charge is 2.41. The Morgan fingerprint density at radius 2 is 2.14 bits per heavy atom. The minimum absolute atomic E-state index is 0.0868. The third kappa shape index (κ3) is 2.16. The van der Waals surface area contributed by atoms with Crippen LogP contribution in [-0.4, -0.2) is 56.7 Å². The largest absolute Gasteiger partial charge is 0.479 e. The van der Waals surface area contributed by atoms with E-state index in [4.69, 9.17) is 16.3 Å². The zero-order valence-corrected chi connectivity index (χ0v) is 13.0. The zero-order valence-electron chi connectivity index (χ0n) is 12.2. The maximum absolute atomic E-state index is 12.4. The van der Waals surface area contributed by atoms with E-state index in [1.807, 2.05) is 0 Å². The van der Waals surface area contributed by atoms with Crippen LogP contribution in [0.15, 0.2) is 6.20 Å². The predicted molar refractivity (Wildman–Crippen MR) is 80.0 cm³/mol. The van der Waals surface area contributed by atoms with Crippen LogP contribution in [0, 0.1) is 5.92 Å². The van der Waals surface area contributed by atoms with E-state index in [1.165, 1.54) is 7.11 Å². The van der Waals surface area contributed by atoms with E-state index >= 15 is 0 Å². The summed E-state index contributed by atoms with van der Waals surface area (Å²) in [6.07, 6.45) is 3.78. The van der Waals surface area contributed by atoms with Crippen molar-refractivity contribution in [2.75, 3.05) is 20.2 Å². The van der Waals surface area contributed by atoms with Gasteiger partial charge in [-0.15, -0.1) is 0 Å². The van der Waals surface area contributed by atoms with Gasteiger partial charge in [0.25, 0.3) is 0 Å². The van der Waals surface area contributed by atoms with Crippen molar-refractivity contribution < 1.29 is 9.53 Å². The van der Waals surface area contributed by atoms with E-state index in [0.717, 1.165) is 25.9 Å². The van der Waals surface area contributed by atoms with Gasteiger partial charge >= 0.3 is 0 Å². The number of aromatic nitrogens is 4. The van der Waals surface area contributed by atoms with Crippen molar-refractivity contribution in [3.63, 3.8) is 0 Å². The summed E-state index contributed by atoms with van der Waals surface area (Å²) in [7, 11) is 1.52. The van der Waals surface area contributed by atoms with Crippen molar-refractivity contribution >= 4 is 28.4 Å². The SMILES string of the molecule is COc1nc(Cl)nc2cn(CC3C(=O)C4CCN3CC4)nc12. The average Bonchev–Trinajstić information content (AvgIpc) is 2.92. The van der Waals surface area contributed by atoms with E-state index in [0.29, 0.717) is 29.2 Å². The average molecular weight is 322 g/mol. The Morgan fingerprint density at radius 1 is 1.36 bits per heavy atom. The fourth-order valence-corrected chi connectivity index (χ4v) is 3.64. The highest BCUT2D eigenvalue weighted by molar-refractivity contribution is 6.28. The monoisotopic (exact) mass is 321 g/mol. The number of nitrogens with zero attached hydrogens (tertiary/aromatic N) is 5. The van der Waals surface area contributed by atoms with Gasteiger partial charge in [0.2, 0.25) is 11.2 Å². The molecule has 2 aromatic rings. The van der Waals surface area contributed by atoms with Gasteiger partial charge in [-0.05, 0) is 37.5 Å². The van der Waals surface area contributed by atoms with Crippen LogP contribution in [-0.2, 0) is 11.3 Å². The molecule has 8 heteroatoms. The van der Waals surface area contributed by atoms with Gasteiger partial charge in [-0.1, -0.05) is 0 Å². The molecule has 7 nitrogen and oxygen atoms in total. The van der Waals surface area contributed by atoms with Crippen LogP contribution >= 0.6 is 11.6 Å². The Bertz CT molecular complexity index is 738. The van der Waals surface area contributed by atoms with Crippen LogP contribution in [0.3, 0.4) is 0 Å². The quantitative estimate of drug-likeness (QED) is 0.790. The summed E-state index contributed by atoms with van der Waals surface area (Å²) in [6, 6.07) is -0.0868. The molecule has 0 radical (unpaired) electrons. The highest BCUT2D eigenvalue weighted by Crippen LogP contribution is 2.30. The second kappa shape index (κ2) is 5.17. The van der Waals surface area contributed by atoms with Crippen molar-refractivity contribution in [3.8, 4) is 5.88 Å². The fourth-order valence-electron chi connectivity index (χ4n) is 3.47. The Labute approximate surface area is 132 Å². The first-order valence-electron chi connectivity index (χ1n) is 7.38. The molecule has 1 atom stereocenters. The lowest BCUT2D eigenvalue weighted by Crippen LogP contribution is -2.56. The third-order valence-electron chi connectivity index (χ3n) is 4.61. The first-order chi connectivity index (χ1) is 10.7. The van der Waals surface area contributed by atoms with Gasteiger partial charge in [0.05, 0.1) is 25.9 Å². The molecule has 2 bridgehead atoms. The molecule has 1 unspecified atom stereocenters. The molecule has 22 heavy (non-hydrogen) atoms. The Hall–Kier alpha value is -1.73. The first-order valence-corrected chi connectivity index (χ1v) is 7.76. The van der Waals surface area contributed by atoms with Crippen molar-refractivity contribution in [1.82, 2.24) is 24.6 Å². The molecule has 0 spiro atoms. The number of carbonyl (C=O) groups excluding carboxylic acids is 1. The van der Waals surface area contributed by atoms with Crippen molar-refractivity contribution in [3.05, 3.63) is 11.5 Å². The lowest BCUT2D eigenvalue weighted by molar-refractivity contribution is -0.137. The molecular weight excluding hydrogens is 306 g/mol. The number of hydrogen-bond donors (Lipinski definition) is 0. The number of rotatable bonds is 3. The van der Waals surface area contributed by atoms with E-state index in [1.54, 1.807) is 10.9 Å². The van der Waals surface area contributed by atoms with Gasteiger partial charge in [-0.3, -0.25) is 14.4 Å². The van der Waals surface area contributed by atoms with Crippen molar-refractivity contribution in [2.45, 2.75) is 25.4 Å². The number of ether oxygens (including phenoxy) is 1. The molecule has 0 amide bonds. The van der Waals surface area contributed by atoms with Gasteiger partial charge in [-0.2, -0.15) is 10.1 Å². The summed E-state index contributed by atoms with van der Waals surface area (Å²) in [4.78, 5) is 22.9. The summed E-state index contributed by atoms with van der Waals surface area (Å²) in [5.74, 6) is 0.919. The third-order valence-corrected chi connectivity index (χ3v) is 4.77. The smallest absolute Gasteiger partial charge is 0.246 e. The predicted octanol–water partition coefficient (Wildman–Crippen LogP) is 1.15. The standard InChI is InChI=1S/C14H16ClN5O2/c1-22-13-11-9(16-14(15)17-13)6-20(18-11)7-10-12(21)8-2-4-19(10)5-3-8/h6,8,10H,2-5,7H2,1H3. The number of fused-ring (bicyclic) bond motifs is 4. The van der Waals surface area contributed by atoms with Crippen LogP contribution in [0.1, 0.15) is 12.8 Å². The van der Waals surface area contributed by atoms with Crippen LogP contribution < -0.4 is 4.74 Å². The maximum Gasteiger partial charge on any atom is 0.246 e. The minimum Gasteiger partial charge on any atom is -0.479 e. The highest BCUT2D eigenvalue weighted by atomic mass is 35.5. The number of ketones is 1. The van der Waals surface area contributed by atoms with Crippen molar-refractivity contribution in [1.29, 1.82) is 0 Å². The van der Waals surface area contributed by atoms with Crippen LogP contribution in [0.2, 0.25) is 5.28 Å². The lowest BCUT2D eigenvalue weighted by Gasteiger charge is -2.43. The van der Waals surface area contributed by atoms with Gasteiger partial charge in [0.15, 0.2) is 11.3 Å². The second-order valence-electron chi connectivity index (χ2n) is 5.82. The number of methoxy groups -OCH3 is 1. The number of hydrogen-bond acceptors (Lipinski definition) is 6. The maximum atomic E-state index is 12.4. The molecule has 0 N–H and O–H groups in total. The van der Waals surface area contributed by atoms with Gasteiger partial charge in [0.1, 0.15) is 5.52 Å². The molecule has 5 rings (SSSR count). The number of halogens is 1. The molecule has 3 saturated heterocycles. The lowest BCUT2D eigenvalue weighted by atomic mass is 9.82. The fraction of sp³-hybridized carbons (Fsp3) is 0.571.